The molecule has 1 saturated heterocycles. The van der Waals surface area contributed by atoms with Crippen LogP contribution in [0.4, 0.5) is 11.8 Å². The largest absolute Gasteiger partial charge is 0.393 e. The molecule has 2 fully saturated rings. The second kappa shape index (κ2) is 9.43. The molecule has 3 N–H and O–H groups in total. The number of likely N-dealkylation sites (tertiary alicyclic amines) is 1. The van der Waals surface area contributed by atoms with Crippen molar-refractivity contribution in [3.05, 3.63) is 18.0 Å². The summed E-state index contributed by atoms with van der Waals surface area (Å²) in [5, 5.41) is 18.0. The average Bonchev–Trinajstić information content (AvgIpc) is 2.76. The predicted octanol–water partition coefficient (Wildman–Crippen LogP) is 3.76. The lowest BCUT2D eigenvalue weighted by Crippen LogP contribution is -2.37. The van der Waals surface area contributed by atoms with Crippen molar-refractivity contribution in [3.63, 3.8) is 0 Å². The van der Waals surface area contributed by atoms with Gasteiger partial charge in [-0.05, 0) is 77.9 Å². The van der Waals surface area contributed by atoms with Crippen LogP contribution in [0, 0.1) is 0 Å². The smallest absolute Gasteiger partial charge is 0.223 e. The maximum atomic E-state index is 9.94. The Kier molecular flexibility index (Phi) is 6.68. The molecule has 2 aromatic rings. The number of aliphatic hydroxyl groups is 1. The zero-order chi connectivity index (χ0) is 21.1. The van der Waals surface area contributed by atoms with Crippen molar-refractivity contribution in [3.8, 4) is 0 Å². The number of fused-ring (bicyclic) bond motifs is 1. The zero-order valence-corrected chi connectivity index (χ0v) is 18.6. The van der Waals surface area contributed by atoms with Gasteiger partial charge in [-0.25, -0.2) is 15.0 Å². The molecule has 7 heteroatoms. The van der Waals surface area contributed by atoms with Gasteiger partial charge in [-0.3, -0.25) is 0 Å². The summed E-state index contributed by atoms with van der Waals surface area (Å²) in [6, 6.07) is 0.764. The monoisotopic (exact) mass is 412 g/mol. The quantitative estimate of drug-likeness (QED) is 0.666. The average molecular weight is 413 g/mol. The van der Waals surface area contributed by atoms with Crippen LogP contribution < -0.4 is 10.6 Å². The van der Waals surface area contributed by atoms with Crippen LogP contribution in [0.1, 0.15) is 70.3 Å². The van der Waals surface area contributed by atoms with E-state index in [1.165, 1.54) is 5.56 Å². The summed E-state index contributed by atoms with van der Waals surface area (Å²) in [7, 11) is 2.18. The van der Waals surface area contributed by atoms with Gasteiger partial charge in [-0.15, -0.1) is 0 Å². The van der Waals surface area contributed by atoms with Gasteiger partial charge in [0.2, 0.25) is 5.95 Å². The van der Waals surface area contributed by atoms with E-state index in [-0.39, 0.29) is 6.10 Å². The molecule has 2 aliphatic rings. The van der Waals surface area contributed by atoms with E-state index < -0.39 is 0 Å². The third kappa shape index (κ3) is 4.83. The van der Waals surface area contributed by atoms with Crippen molar-refractivity contribution in [2.75, 3.05) is 30.8 Å². The number of pyridine rings is 1. The predicted molar refractivity (Wildman–Crippen MR) is 122 cm³/mol. The Hall–Kier alpha value is -1.99. The van der Waals surface area contributed by atoms with Crippen molar-refractivity contribution in [2.24, 2.45) is 0 Å². The van der Waals surface area contributed by atoms with Crippen LogP contribution in [-0.2, 0) is 0 Å². The molecule has 0 bridgehead atoms. The molecular formula is C23H36N6O. The number of nitrogens with zero attached hydrogens (tertiary/aromatic N) is 4. The Bertz CT molecular complexity index is 843. The Balaban J connectivity index is 1.66. The molecule has 1 saturated carbocycles. The van der Waals surface area contributed by atoms with Crippen LogP contribution >= 0.6 is 0 Å². The lowest BCUT2D eigenvalue weighted by Gasteiger charge is -2.30. The topological polar surface area (TPSA) is 86.2 Å². The first-order valence-electron chi connectivity index (χ1n) is 11.6. The Morgan fingerprint density at radius 1 is 1.10 bits per heavy atom. The lowest BCUT2D eigenvalue weighted by molar-refractivity contribution is 0.122. The number of rotatable bonds is 6. The highest BCUT2D eigenvalue weighted by Crippen LogP contribution is 2.37. The molecule has 0 aromatic carbocycles. The van der Waals surface area contributed by atoms with Crippen LogP contribution in [0.25, 0.3) is 10.9 Å². The van der Waals surface area contributed by atoms with Crippen LogP contribution in [-0.4, -0.2) is 63.3 Å². The van der Waals surface area contributed by atoms with Crippen LogP contribution in [0.15, 0.2) is 12.4 Å². The maximum Gasteiger partial charge on any atom is 0.223 e. The van der Waals surface area contributed by atoms with Gasteiger partial charge in [0, 0.05) is 30.0 Å². The van der Waals surface area contributed by atoms with Crippen LogP contribution in [0.5, 0.6) is 0 Å². The van der Waals surface area contributed by atoms with Gasteiger partial charge >= 0.3 is 0 Å². The van der Waals surface area contributed by atoms with Gasteiger partial charge in [0.1, 0.15) is 5.82 Å². The molecule has 0 spiro atoms. The second-order valence-corrected chi connectivity index (χ2v) is 9.20. The Morgan fingerprint density at radius 2 is 1.83 bits per heavy atom. The molecule has 3 heterocycles. The highest BCUT2D eigenvalue weighted by Gasteiger charge is 2.25. The standard InChI is InChI=1S/C23H36N6O/c1-4-15(2)26-23-25-14-20-21(28-23)19(16-5-7-18(30)8-6-16)13-24-22(20)27-17-9-11-29(3)12-10-17/h13-18,30H,4-12H2,1-3H3,(H,24,27)(H,25,26,28)/t15-,16-,18-/m0/s1. The number of nitrogens with one attached hydrogen (secondary N) is 2. The zero-order valence-electron chi connectivity index (χ0n) is 18.6. The molecule has 164 valence electrons. The van der Waals surface area contributed by atoms with E-state index in [1.807, 2.05) is 12.4 Å². The summed E-state index contributed by atoms with van der Waals surface area (Å²) >= 11 is 0. The van der Waals surface area contributed by atoms with E-state index in [0.29, 0.717) is 23.9 Å². The molecule has 2 aromatic heterocycles. The number of hydrogen-bond donors (Lipinski definition) is 3. The molecule has 0 radical (unpaired) electrons. The summed E-state index contributed by atoms with van der Waals surface area (Å²) in [6.07, 6.45) is 10.7. The normalized spacial score (nSPS) is 24.7. The number of hydrogen-bond acceptors (Lipinski definition) is 7. The lowest BCUT2D eigenvalue weighted by atomic mass is 9.82. The minimum absolute atomic E-state index is 0.164. The van der Waals surface area contributed by atoms with E-state index >= 15 is 0 Å². The van der Waals surface area contributed by atoms with Crippen LogP contribution in [0.2, 0.25) is 0 Å². The van der Waals surface area contributed by atoms with Gasteiger partial charge in [-0.1, -0.05) is 6.92 Å². The number of aliphatic hydroxyl groups excluding tert-OH is 1. The minimum Gasteiger partial charge on any atom is -0.393 e. The van der Waals surface area contributed by atoms with E-state index in [9.17, 15) is 5.11 Å². The molecule has 1 aliphatic heterocycles. The van der Waals surface area contributed by atoms with Gasteiger partial charge in [0.25, 0.3) is 0 Å². The minimum atomic E-state index is -0.164. The second-order valence-electron chi connectivity index (χ2n) is 9.20. The number of aromatic nitrogens is 3. The summed E-state index contributed by atoms with van der Waals surface area (Å²) in [6.45, 7) is 6.52. The SMILES string of the molecule is CC[C@H](C)Nc1ncc2c(NC3CCN(C)CC3)ncc([C@H]3CC[C@H](O)CC3)c2n1. The molecular weight excluding hydrogens is 376 g/mol. The summed E-state index contributed by atoms with van der Waals surface area (Å²) < 4.78 is 0. The Labute approximate surface area is 179 Å². The van der Waals surface area contributed by atoms with E-state index in [4.69, 9.17) is 9.97 Å². The third-order valence-corrected chi connectivity index (χ3v) is 6.83. The molecule has 1 aliphatic carbocycles. The highest BCUT2D eigenvalue weighted by atomic mass is 16.3. The summed E-state index contributed by atoms with van der Waals surface area (Å²) in [4.78, 5) is 16.8. The van der Waals surface area contributed by atoms with E-state index in [0.717, 1.165) is 74.8 Å². The molecule has 30 heavy (non-hydrogen) atoms. The van der Waals surface area contributed by atoms with Gasteiger partial charge in [0.05, 0.1) is 17.0 Å². The molecule has 1 atom stereocenters. The first-order valence-corrected chi connectivity index (χ1v) is 11.6. The van der Waals surface area contributed by atoms with E-state index in [2.05, 4.69) is 41.4 Å². The molecule has 7 nitrogen and oxygen atoms in total. The summed E-state index contributed by atoms with van der Waals surface area (Å²) in [5.41, 5.74) is 2.20. The fraction of sp³-hybridized carbons (Fsp3) is 0.696. The maximum absolute atomic E-state index is 9.94. The first-order chi connectivity index (χ1) is 14.5. The summed E-state index contributed by atoms with van der Waals surface area (Å²) in [5.74, 6) is 1.98. The highest BCUT2D eigenvalue weighted by molar-refractivity contribution is 5.91. The van der Waals surface area contributed by atoms with Crippen molar-refractivity contribution in [1.82, 2.24) is 19.9 Å². The third-order valence-electron chi connectivity index (χ3n) is 6.83. The van der Waals surface area contributed by atoms with Crippen LogP contribution in [0.3, 0.4) is 0 Å². The fourth-order valence-electron chi connectivity index (χ4n) is 4.58. The first kappa shape index (κ1) is 21.2. The molecule has 0 unspecified atom stereocenters. The van der Waals surface area contributed by atoms with Gasteiger partial charge < -0.3 is 20.6 Å². The van der Waals surface area contributed by atoms with Crippen molar-refractivity contribution < 1.29 is 5.11 Å². The van der Waals surface area contributed by atoms with Crippen molar-refractivity contribution >= 4 is 22.7 Å². The van der Waals surface area contributed by atoms with Gasteiger partial charge in [0.15, 0.2) is 0 Å². The fourth-order valence-corrected chi connectivity index (χ4v) is 4.58. The van der Waals surface area contributed by atoms with Crippen molar-refractivity contribution in [2.45, 2.75) is 82.9 Å². The van der Waals surface area contributed by atoms with E-state index in [1.54, 1.807) is 0 Å². The van der Waals surface area contributed by atoms with Gasteiger partial charge in [-0.2, -0.15) is 0 Å². The molecule has 4 rings (SSSR count). The van der Waals surface area contributed by atoms with Crippen molar-refractivity contribution in [1.29, 1.82) is 0 Å². The number of anilines is 2. The number of piperidine rings is 1. The molecule has 0 amide bonds. The Morgan fingerprint density at radius 3 is 2.53 bits per heavy atom.